The summed E-state index contributed by atoms with van der Waals surface area (Å²) in [5.41, 5.74) is -2.26. The Morgan fingerprint density at radius 2 is 0.814 bits per heavy atom. The van der Waals surface area contributed by atoms with Gasteiger partial charge in [-0.15, -0.1) is 0 Å². The SMILES string of the molecule is CP(C)(=O)c1ccc(Nc2ncc(C(F)(F)F)c(-c3cccc(S(N)(=O)=O)c3)n2)cc1.CP(C)(=O)c1ccc(Nc2ncc(C(F)(F)F)c(Nc3ccc(N4CCOCC4)cc3)n2)cc1.CP(C)(=O)c1ccc(Nc2ncc(C(F)(F)F)c(Nc3cccc(C(F)(F)F)c3)n2)cc1. The quantitative estimate of drug-likeness (QED) is 0.0388. The lowest BCUT2D eigenvalue weighted by molar-refractivity contribution is -0.138. The van der Waals surface area contributed by atoms with Crippen LogP contribution in [0.5, 0.6) is 0 Å². The van der Waals surface area contributed by atoms with Crippen molar-refractivity contribution in [3.8, 4) is 11.3 Å². The maximum absolute atomic E-state index is 13.6. The Bertz CT molecular complexity index is 4520. The van der Waals surface area contributed by atoms with E-state index < -0.39 is 89.9 Å². The molecule has 0 unspecified atom stereocenters. The molecule has 1 fully saturated rings. The Morgan fingerprint density at radius 1 is 0.443 bits per heavy atom. The Morgan fingerprint density at radius 3 is 1.21 bits per heavy atom. The Balaban J connectivity index is 0.000000186. The molecule has 1 saturated heterocycles. The van der Waals surface area contributed by atoms with Crippen molar-refractivity contribution >= 4 is 111 Å². The van der Waals surface area contributed by atoms with Crippen LogP contribution >= 0.6 is 21.4 Å². The van der Waals surface area contributed by atoms with Gasteiger partial charge in [0, 0.05) is 87.3 Å². The summed E-state index contributed by atoms with van der Waals surface area (Å²) in [6.45, 7) is 12.6. The van der Waals surface area contributed by atoms with Gasteiger partial charge >= 0.3 is 24.7 Å². The van der Waals surface area contributed by atoms with E-state index in [0.717, 1.165) is 43.2 Å². The first-order chi connectivity index (χ1) is 45.1. The molecular formula is C62H60F12N13O6P3S. The number of nitrogens with zero attached hydrogens (tertiary/aromatic N) is 7. The molecule has 10 rings (SSSR count). The number of halogens is 12. The number of alkyl halides is 12. The molecule has 35 heteroatoms. The summed E-state index contributed by atoms with van der Waals surface area (Å²) in [6.07, 6.45) is -17.0. The van der Waals surface area contributed by atoms with E-state index in [2.05, 4.69) is 61.4 Å². The Kier molecular flexibility index (Phi) is 22.4. The number of ether oxygens (including phenoxy) is 1. The van der Waals surface area contributed by atoms with Crippen LogP contribution in [0.25, 0.3) is 11.3 Å². The highest BCUT2D eigenvalue weighted by molar-refractivity contribution is 7.89. The van der Waals surface area contributed by atoms with Crippen LogP contribution in [-0.4, -0.2) is 105 Å². The number of aromatic nitrogens is 6. The number of hydrogen-bond acceptors (Lipinski definition) is 18. The molecule has 7 N–H and O–H groups in total. The predicted octanol–water partition coefficient (Wildman–Crippen LogP) is 15.1. The van der Waals surface area contributed by atoms with Crippen LogP contribution in [0.4, 0.5) is 116 Å². The third kappa shape index (κ3) is 20.8. The molecule has 19 nitrogen and oxygen atoms in total. The summed E-state index contributed by atoms with van der Waals surface area (Å²) in [5.74, 6) is -1.40. The molecule has 97 heavy (non-hydrogen) atoms. The number of benzene rings is 6. The van der Waals surface area contributed by atoms with E-state index in [1.165, 1.54) is 24.3 Å². The normalized spacial score (nSPS) is 13.3. The van der Waals surface area contributed by atoms with E-state index >= 15 is 0 Å². The van der Waals surface area contributed by atoms with Crippen LogP contribution in [0.3, 0.4) is 0 Å². The fourth-order valence-electron chi connectivity index (χ4n) is 8.90. The highest BCUT2D eigenvalue weighted by atomic mass is 32.2. The standard InChI is InChI=1S/C23H25F3N5O2P.C20H17F6N4OP.C19H18F3N4O3PS/c1-34(2,32)19-9-5-17(6-10-19)29-22-27-15-20(23(24,25)26)21(30-22)28-16-3-7-18(8-4-16)31-11-13-33-14-12-31;1-32(2,31)15-8-6-13(7-9-15)29-18-27-11-16(20(24,25)26)17(30-18)28-14-5-3-4-12(10-14)19(21,22)23;1-30(2,27)14-8-6-13(7-9-14)25-18-24-11-16(19(20,21)22)17(26-18)12-4-3-5-15(10-12)31(23,28)29/h3-10,15H,11-14H2,1-2H3,(H2,27,28,29,30);3-11H,1-2H3,(H2,27,28,29,30);3-11H,1-2H3,(H2,23,28,29)(H,24,25,26). The minimum absolute atomic E-state index is 0.00404. The summed E-state index contributed by atoms with van der Waals surface area (Å²) < 4.78 is 225. The third-order valence-corrected chi connectivity index (χ3v) is 19.4. The molecule has 3 aromatic heterocycles. The first-order valence-corrected chi connectivity index (χ1v) is 37.8. The van der Waals surface area contributed by atoms with Crippen molar-refractivity contribution in [2.24, 2.45) is 5.14 Å². The van der Waals surface area contributed by atoms with Gasteiger partial charge in [0.15, 0.2) is 0 Å². The number of primary sulfonamides is 1. The minimum Gasteiger partial charge on any atom is -0.378 e. The molecule has 0 radical (unpaired) electrons. The molecule has 514 valence electrons. The maximum Gasteiger partial charge on any atom is 0.421 e. The molecule has 1 aliphatic rings. The predicted molar refractivity (Wildman–Crippen MR) is 352 cm³/mol. The van der Waals surface area contributed by atoms with Crippen LogP contribution in [0.1, 0.15) is 22.3 Å². The van der Waals surface area contributed by atoms with Gasteiger partial charge in [-0.2, -0.15) is 62.7 Å². The maximum atomic E-state index is 13.6. The fourth-order valence-corrected chi connectivity index (χ4v) is 12.1. The largest absolute Gasteiger partial charge is 0.421 e. The summed E-state index contributed by atoms with van der Waals surface area (Å²) in [5, 5.41) is 20.5. The first-order valence-electron chi connectivity index (χ1n) is 28.5. The van der Waals surface area contributed by atoms with Crippen molar-refractivity contribution in [3.05, 3.63) is 186 Å². The molecule has 0 amide bonds. The van der Waals surface area contributed by atoms with Crippen molar-refractivity contribution in [2.75, 3.05) is 97.8 Å². The van der Waals surface area contributed by atoms with Gasteiger partial charge in [-0.1, -0.05) is 18.2 Å². The van der Waals surface area contributed by atoms with E-state index in [-0.39, 0.29) is 39.8 Å². The van der Waals surface area contributed by atoms with Gasteiger partial charge in [-0.25, -0.2) is 33.5 Å². The zero-order chi connectivity index (χ0) is 71.1. The number of hydrogen-bond donors (Lipinski definition) is 6. The van der Waals surface area contributed by atoms with Crippen molar-refractivity contribution in [1.82, 2.24) is 29.9 Å². The number of morpholine rings is 1. The molecule has 0 spiro atoms. The van der Waals surface area contributed by atoms with Crippen LogP contribution in [-0.2, 0) is 53.2 Å². The molecule has 0 saturated carbocycles. The fraction of sp³-hybridized carbons (Fsp3) is 0.226. The lowest BCUT2D eigenvalue weighted by Crippen LogP contribution is -2.36. The average Bonchev–Trinajstić information content (AvgIpc) is 0.772. The van der Waals surface area contributed by atoms with Gasteiger partial charge in [0.05, 0.1) is 29.4 Å². The van der Waals surface area contributed by atoms with Crippen molar-refractivity contribution in [2.45, 2.75) is 29.6 Å². The zero-order valence-electron chi connectivity index (χ0n) is 51.9. The monoisotopic (exact) mass is 1440 g/mol. The van der Waals surface area contributed by atoms with Crippen LogP contribution in [0, 0.1) is 0 Å². The van der Waals surface area contributed by atoms with Crippen molar-refractivity contribution in [1.29, 1.82) is 0 Å². The second-order valence-electron chi connectivity index (χ2n) is 22.5. The smallest absolute Gasteiger partial charge is 0.378 e. The van der Waals surface area contributed by atoms with E-state index in [1.807, 2.05) is 12.1 Å². The summed E-state index contributed by atoms with van der Waals surface area (Å²) in [7, 11) is -11.5. The molecule has 4 heterocycles. The molecule has 9 aromatic rings. The molecular weight excluding hydrogens is 1380 g/mol. The highest BCUT2D eigenvalue weighted by Crippen LogP contribution is 2.42. The highest BCUT2D eigenvalue weighted by Gasteiger charge is 2.38. The number of anilines is 11. The molecule has 0 atom stereocenters. The van der Waals surface area contributed by atoms with E-state index in [4.69, 9.17) is 9.88 Å². The first kappa shape index (κ1) is 73.9. The minimum atomic E-state index is -4.84. The van der Waals surface area contributed by atoms with Crippen molar-refractivity contribution < 1.29 is 79.5 Å². The summed E-state index contributed by atoms with van der Waals surface area (Å²) >= 11 is 0. The van der Waals surface area contributed by atoms with Crippen molar-refractivity contribution in [3.63, 3.8) is 0 Å². The lowest BCUT2D eigenvalue weighted by atomic mass is 10.1. The summed E-state index contributed by atoms with van der Waals surface area (Å²) in [6, 6.07) is 35.3. The molecule has 0 aliphatic carbocycles. The molecule has 0 bridgehead atoms. The van der Waals surface area contributed by atoms with Crippen LogP contribution < -0.4 is 52.5 Å². The Labute approximate surface area is 548 Å². The van der Waals surface area contributed by atoms with E-state index in [9.17, 15) is 74.8 Å². The van der Waals surface area contributed by atoms with Gasteiger partial charge in [0.25, 0.3) is 0 Å². The van der Waals surface area contributed by atoms with Gasteiger partial charge in [0.1, 0.15) is 49.8 Å². The van der Waals surface area contributed by atoms with E-state index in [1.54, 1.807) is 125 Å². The number of nitrogens with two attached hydrogens (primary N) is 1. The molecule has 1 aliphatic heterocycles. The van der Waals surface area contributed by atoms with Gasteiger partial charge in [0.2, 0.25) is 27.9 Å². The second kappa shape index (κ2) is 29.4. The lowest BCUT2D eigenvalue weighted by Gasteiger charge is -2.29. The van der Waals surface area contributed by atoms with Gasteiger partial charge in [-0.3, -0.25) is 0 Å². The van der Waals surface area contributed by atoms with Gasteiger partial charge < -0.3 is 49.9 Å². The number of sulfonamides is 1. The zero-order valence-corrected chi connectivity index (χ0v) is 55.4. The number of rotatable bonds is 16. The molecule has 6 aromatic carbocycles. The topological polar surface area (TPSA) is 261 Å². The second-order valence-corrected chi connectivity index (χ2v) is 33.7. The summed E-state index contributed by atoms with van der Waals surface area (Å²) in [4.78, 5) is 24.9. The van der Waals surface area contributed by atoms with Crippen LogP contribution in [0.15, 0.2) is 169 Å². The third-order valence-electron chi connectivity index (χ3n) is 13.9. The van der Waals surface area contributed by atoms with Crippen LogP contribution in [0.2, 0.25) is 0 Å². The number of nitrogens with one attached hydrogen (secondary N) is 5. The Hall–Kier alpha value is -8.92. The van der Waals surface area contributed by atoms with E-state index in [0.29, 0.717) is 70.3 Å². The van der Waals surface area contributed by atoms with Gasteiger partial charge in [-0.05, 0) is 167 Å². The average molecular weight is 1440 g/mol.